The standard InChI is InChI=1S/C25H30F5N7O3/c1-5-17-11-19(21-18(6-7-20(33-21)39-4)37(17)24(38)40-13(2)3)36(23(31)34-35-32)12-14-8-15(22(26)27)10-16(9-14)25(28,29)30/h6-10,13,17,19,22H,5,11-12H2,1-4H3,(H3,31,32,34). The Morgan fingerprint density at radius 3 is 2.52 bits per heavy atom. The molecular weight excluding hydrogens is 541 g/mol. The molecule has 3 rings (SSSR count). The molecule has 2 unspecified atom stereocenters. The van der Waals surface area contributed by atoms with Gasteiger partial charge in [0, 0.05) is 24.2 Å². The van der Waals surface area contributed by atoms with Gasteiger partial charge in [-0.05, 0) is 56.5 Å². The molecule has 3 N–H and O–H groups in total. The number of rotatable bonds is 7. The number of guanidine groups is 1. The summed E-state index contributed by atoms with van der Waals surface area (Å²) in [5, 5.41) is 15.2. The summed E-state index contributed by atoms with van der Waals surface area (Å²) in [6.45, 7) is 4.78. The zero-order valence-corrected chi connectivity index (χ0v) is 22.2. The Morgan fingerprint density at radius 2 is 1.98 bits per heavy atom. The molecule has 1 aliphatic rings. The van der Waals surface area contributed by atoms with Crippen molar-refractivity contribution in [2.24, 2.45) is 16.2 Å². The summed E-state index contributed by atoms with van der Waals surface area (Å²) < 4.78 is 78.4. The van der Waals surface area contributed by atoms with Crippen LogP contribution in [0.5, 0.6) is 5.88 Å². The highest BCUT2D eigenvalue weighted by Crippen LogP contribution is 2.43. The first-order valence-electron chi connectivity index (χ1n) is 12.3. The second kappa shape index (κ2) is 12.4. The number of ether oxygens (including phenoxy) is 2. The Hall–Kier alpha value is -4.04. The Morgan fingerprint density at radius 1 is 1.27 bits per heavy atom. The summed E-state index contributed by atoms with van der Waals surface area (Å²) in [7, 11) is 1.38. The van der Waals surface area contributed by atoms with Crippen molar-refractivity contribution < 1.29 is 36.2 Å². The zero-order valence-electron chi connectivity index (χ0n) is 22.2. The number of nitrogens with one attached hydrogen (secondary N) is 1. The SMILES string of the molecule is CCC1CC(N(Cc2cc(C(F)F)cc(C(F)(F)F)c2)C(=N)/N=N\N)c2nc(OC)ccc2N1C(=O)OC(C)C. The van der Waals surface area contributed by atoms with E-state index in [4.69, 9.17) is 20.7 Å². The Bertz CT molecular complexity index is 1260. The lowest BCUT2D eigenvalue weighted by atomic mass is 9.92. The number of nitrogens with two attached hydrogens (primary N) is 1. The van der Waals surface area contributed by atoms with E-state index in [9.17, 15) is 26.7 Å². The third-order valence-corrected chi connectivity index (χ3v) is 6.27. The van der Waals surface area contributed by atoms with E-state index in [1.807, 2.05) is 6.92 Å². The van der Waals surface area contributed by atoms with Gasteiger partial charge in [0.2, 0.25) is 11.8 Å². The highest BCUT2D eigenvalue weighted by atomic mass is 19.4. The molecule has 0 aliphatic carbocycles. The van der Waals surface area contributed by atoms with E-state index in [-0.39, 0.29) is 23.6 Å². The van der Waals surface area contributed by atoms with Crippen LogP contribution in [0.3, 0.4) is 0 Å². The summed E-state index contributed by atoms with van der Waals surface area (Å²) in [4.78, 5) is 20.3. The third-order valence-electron chi connectivity index (χ3n) is 6.27. The second-order valence-corrected chi connectivity index (χ2v) is 9.30. The molecule has 0 spiro atoms. The first kappa shape index (κ1) is 30.5. The molecule has 10 nitrogen and oxygen atoms in total. The third kappa shape index (κ3) is 6.74. The van der Waals surface area contributed by atoms with Crippen LogP contribution < -0.4 is 15.5 Å². The van der Waals surface area contributed by atoms with Gasteiger partial charge in [0.25, 0.3) is 6.43 Å². The lowest BCUT2D eigenvalue weighted by molar-refractivity contribution is -0.137. The highest BCUT2D eigenvalue weighted by molar-refractivity contribution is 5.90. The van der Waals surface area contributed by atoms with Crippen molar-refractivity contribution in [3.8, 4) is 5.88 Å². The van der Waals surface area contributed by atoms with Gasteiger partial charge in [-0.25, -0.2) is 18.6 Å². The lowest BCUT2D eigenvalue weighted by Gasteiger charge is -2.43. The maximum Gasteiger partial charge on any atom is 0.416 e. The first-order chi connectivity index (χ1) is 18.8. The predicted octanol–water partition coefficient (Wildman–Crippen LogP) is 6.38. The van der Waals surface area contributed by atoms with Gasteiger partial charge in [-0.1, -0.05) is 17.3 Å². The number of amides is 1. The van der Waals surface area contributed by atoms with Gasteiger partial charge in [0.05, 0.1) is 36.2 Å². The number of nitrogens with zero attached hydrogens (tertiary/aromatic N) is 5. The van der Waals surface area contributed by atoms with E-state index in [1.54, 1.807) is 19.9 Å². The van der Waals surface area contributed by atoms with Crippen molar-refractivity contribution in [2.75, 3.05) is 12.0 Å². The van der Waals surface area contributed by atoms with Crippen LogP contribution in [0.15, 0.2) is 40.7 Å². The maximum atomic E-state index is 13.5. The smallest absolute Gasteiger partial charge is 0.416 e. The molecular formula is C25H30F5N7O3. The molecule has 1 aromatic carbocycles. The second-order valence-electron chi connectivity index (χ2n) is 9.30. The van der Waals surface area contributed by atoms with Crippen molar-refractivity contribution in [3.63, 3.8) is 0 Å². The van der Waals surface area contributed by atoms with Crippen molar-refractivity contribution in [2.45, 2.75) is 70.9 Å². The number of pyridine rings is 1. The van der Waals surface area contributed by atoms with Gasteiger partial charge in [-0.3, -0.25) is 10.3 Å². The van der Waals surface area contributed by atoms with Crippen LogP contribution in [-0.4, -0.2) is 41.2 Å². The number of fused-ring (bicyclic) bond motifs is 1. The van der Waals surface area contributed by atoms with Gasteiger partial charge in [-0.2, -0.15) is 13.2 Å². The van der Waals surface area contributed by atoms with E-state index in [0.29, 0.717) is 18.2 Å². The number of anilines is 1. The van der Waals surface area contributed by atoms with Gasteiger partial charge in [0.1, 0.15) is 0 Å². The first-order valence-corrected chi connectivity index (χ1v) is 12.3. The molecule has 0 fully saturated rings. The molecule has 1 aliphatic heterocycles. The largest absolute Gasteiger partial charge is 0.481 e. The van der Waals surface area contributed by atoms with Crippen LogP contribution >= 0.6 is 0 Å². The van der Waals surface area contributed by atoms with Crippen LogP contribution in [0.25, 0.3) is 0 Å². The molecule has 0 bridgehead atoms. The fraction of sp³-hybridized carbons (Fsp3) is 0.480. The number of alkyl halides is 5. The number of hydrogen-bond donors (Lipinski definition) is 2. The number of aromatic nitrogens is 1. The minimum Gasteiger partial charge on any atom is -0.481 e. The molecule has 218 valence electrons. The molecule has 2 aromatic rings. The van der Waals surface area contributed by atoms with Crippen molar-refractivity contribution >= 4 is 17.7 Å². The Balaban J connectivity index is 2.19. The number of methoxy groups -OCH3 is 1. The number of halogens is 5. The molecule has 1 amide bonds. The zero-order chi connectivity index (χ0) is 29.8. The van der Waals surface area contributed by atoms with Gasteiger partial charge in [-0.15, -0.1) is 0 Å². The van der Waals surface area contributed by atoms with Crippen molar-refractivity contribution in [1.29, 1.82) is 5.41 Å². The minimum absolute atomic E-state index is 0.139. The van der Waals surface area contributed by atoms with Gasteiger partial charge < -0.3 is 20.2 Å². The van der Waals surface area contributed by atoms with Gasteiger partial charge in [0.15, 0.2) is 0 Å². The van der Waals surface area contributed by atoms with E-state index in [1.165, 1.54) is 23.0 Å². The summed E-state index contributed by atoms with van der Waals surface area (Å²) in [6.07, 6.45) is -8.52. The van der Waals surface area contributed by atoms with Crippen LogP contribution in [0, 0.1) is 5.41 Å². The van der Waals surface area contributed by atoms with Gasteiger partial charge >= 0.3 is 12.3 Å². The topological polar surface area (TPSA) is 129 Å². The van der Waals surface area contributed by atoms with E-state index in [0.717, 1.165) is 12.1 Å². The normalized spacial score (nSPS) is 17.3. The predicted molar refractivity (Wildman–Crippen MR) is 135 cm³/mol. The number of carbonyl (C=O) groups is 1. The monoisotopic (exact) mass is 571 g/mol. The van der Waals surface area contributed by atoms with Crippen LogP contribution in [0.2, 0.25) is 0 Å². The molecule has 15 heteroatoms. The van der Waals surface area contributed by atoms with E-state index >= 15 is 0 Å². The van der Waals surface area contributed by atoms with E-state index in [2.05, 4.69) is 15.3 Å². The van der Waals surface area contributed by atoms with Crippen LogP contribution in [-0.2, 0) is 17.5 Å². The number of benzene rings is 1. The fourth-order valence-corrected chi connectivity index (χ4v) is 4.55. The van der Waals surface area contributed by atoms with Crippen LogP contribution in [0.4, 0.5) is 32.4 Å². The number of hydrogen-bond acceptors (Lipinski definition) is 6. The molecule has 2 atom stereocenters. The molecule has 0 saturated carbocycles. The summed E-state index contributed by atoms with van der Waals surface area (Å²) in [5.41, 5.74) is -1.67. The molecule has 0 saturated heterocycles. The maximum absolute atomic E-state index is 13.5. The molecule has 1 aromatic heterocycles. The van der Waals surface area contributed by atoms with Crippen molar-refractivity contribution in [3.05, 3.63) is 52.7 Å². The summed E-state index contributed by atoms with van der Waals surface area (Å²) >= 11 is 0. The molecule has 40 heavy (non-hydrogen) atoms. The highest BCUT2D eigenvalue weighted by Gasteiger charge is 2.41. The summed E-state index contributed by atoms with van der Waals surface area (Å²) in [6, 6.07) is 3.83. The molecule has 0 radical (unpaired) electrons. The van der Waals surface area contributed by atoms with Crippen LogP contribution in [0.1, 0.15) is 68.5 Å². The summed E-state index contributed by atoms with van der Waals surface area (Å²) in [5.74, 6) is 4.79. The Labute approximate surface area is 227 Å². The van der Waals surface area contributed by atoms with E-state index < -0.39 is 60.5 Å². The number of carbonyl (C=O) groups excluding carboxylic acids is 1. The quantitative estimate of drug-likeness (QED) is 0.0990. The lowest BCUT2D eigenvalue weighted by Crippen LogP contribution is -2.49. The average molecular weight is 572 g/mol. The minimum atomic E-state index is -4.88. The Kier molecular flexibility index (Phi) is 9.48. The average Bonchev–Trinajstić information content (AvgIpc) is 2.89. The molecule has 2 heterocycles. The van der Waals surface area contributed by atoms with Crippen molar-refractivity contribution in [1.82, 2.24) is 9.88 Å². The fourth-order valence-electron chi connectivity index (χ4n) is 4.55.